The molecule has 4 rings (SSSR count). The van der Waals surface area contributed by atoms with Crippen LogP contribution in [0.1, 0.15) is 27.2 Å². The van der Waals surface area contributed by atoms with Crippen LogP contribution in [0, 0.1) is 13.8 Å². The van der Waals surface area contributed by atoms with Crippen molar-refractivity contribution >= 4 is 23.3 Å². The molecular weight excluding hydrogens is 356 g/mol. The summed E-state index contributed by atoms with van der Waals surface area (Å²) in [6, 6.07) is 12.5. The quantitative estimate of drug-likeness (QED) is 0.733. The van der Waals surface area contributed by atoms with Crippen LogP contribution in [-0.2, 0) is 11.2 Å². The Kier molecular flexibility index (Phi) is 4.07. The Hall–Kier alpha value is -3.74. The fraction of sp³-hybridized carbons (Fsp3) is 0.143. The Bertz CT molecular complexity index is 1140. The summed E-state index contributed by atoms with van der Waals surface area (Å²) in [5.41, 5.74) is 8.85. The minimum Gasteiger partial charge on any atom is -0.508 e. The summed E-state index contributed by atoms with van der Waals surface area (Å²) in [5, 5.41) is 10.0. The number of carbonyl (C=O) groups excluding carboxylic acids is 2. The maximum atomic E-state index is 12.7. The van der Waals surface area contributed by atoms with E-state index >= 15 is 0 Å². The number of aromatic nitrogens is 2. The molecule has 0 radical (unpaired) electrons. The summed E-state index contributed by atoms with van der Waals surface area (Å²) >= 11 is 0. The van der Waals surface area contributed by atoms with Gasteiger partial charge in [0.15, 0.2) is 5.82 Å². The van der Waals surface area contributed by atoms with Crippen LogP contribution in [0.3, 0.4) is 0 Å². The van der Waals surface area contributed by atoms with Gasteiger partial charge >= 0.3 is 0 Å². The van der Waals surface area contributed by atoms with Gasteiger partial charge < -0.3 is 10.8 Å². The monoisotopic (exact) mass is 374 g/mol. The minimum atomic E-state index is -0.727. The second-order valence-electron chi connectivity index (χ2n) is 6.81. The predicted octanol–water partition coefficient (Wildman–Crippen LogP) is 2.79. The Morgan fingerprint density at radius 3 is 2.61 bits per heavy atom. The van der Waals surface area contributed by atoms with Gasteiger partial charge in [-0.05, 0) is 43.2 Å². The molecule has 3 N–H and O–H groups in total. The molecule has 1 aliphatic heterocycles. The van der Waals surface area contributed by atoms with E-state index in [0.29, 0.717) is 28.2 Å². The van der Waals surface area contributed by atoms with Crippen molar-refractivity contribution in [3.05, 3.63) is 64.8 Å². The highest BCUT2D eigenvalue weighted by Crippen LogP contribution is 2.37. The lowest BCUT2D eigenvalue weighted by Gasteiger charge is -2.18. The molecule has 0 spiro atoms. The molecule has 0 fully saturated rings. The minimum absolute atomic E-state index is 0.000969. The smallest absolute Gasteiger partial charge is 0.267 e. The summed E-state index contributed by atoms with van der Waals surface area (Å²) in [4.78, 5) is 35.1. The number of benzene rings is 2. The zero-order valence-corrected chi connectivity index (χ0v) is 15.4. The third-order valence-corrected chi connectivity index (χ3v) is 4.74. The van der Waals surface area contributed by atoms with Gasteiger partial charge in [-0.3, -0.25) is 14.5 Å². The van der Waals surface area contributed by atoms with Gasteiger partial charge in [0.05, 0.1) is 12.1 Å². The van der Waals surface area contributed by atoms with Crippen molar-refractivity contribution in [1.82, 2.24) is 9.97 Å². The van der Waals surface area contributed by atoms with E-state index in [1.165, 1.54) is 11.0 Å². The number of carbonyl (C=O) groups is 2. The fourth-order valence-corrected chi connectivity index (χ4v) is 3.28. The van der Waals surface area contributed by atoms with Crippen molar-refractivity contribution in [2.75, 3.05) is 4.90 Å². The lowest BCUT2D eigenvalue weighted by molar-refractivity contribution is -0.116. The van der Waals surface area contributed by atoms with E-state index in [0.717, 1.165) is 5.56 Å². The SMILES string of the molecule is Cc1cccc(N2C(=O)Cc3c(C(N)=O)nc(-c4ccc(C)c(O)c4)nc32)c1. The second-order valence-corrected chi connectivity index (χ2v) is 6.81. The molecule has 140 valence electrons. The van der Waals surface area contributed by atoms with Crippen molar-refractivity contribution in [2.24, 2.45) is 5.73 Å². The van der Waals surface area contributed by atoms with Crippen LogP contribution in [0.4, 0.5) is 11.5 Å². The van der Waals surface area contributed by atoms with Crippen LogP contribution in [0.15, 0.2) is 42.5 Å². The summed E-state index contributed by atoms with van der Waals surface area (Å²) in [5.74, 6) is -0.282. The van der Waals surface area contributed by atoms with Gasteiger partial charge in [-0.1, -0.05) is 24.3 Å². The molecule has 1 aromatic heterocycles. The molecular formula is C21H18N4O3. The van der Waals surface area contributed by atoms with Gasteiger partial charge in [0.25, 0.3) is 5.91 Å². The largest absolute Gasteiger partial charge is 0.508 e. The number of phenols is 1. The van der Waals surface area contributed by atoms with Crippen molar-refractivity contribution in [2.45, 2.75) is 20.3 Å². The number of hydrogen-bond acceptors (Lipinski definition) is 5. The first-order valence-corrected chi connectivity index (χ1v) is 8.75. The van der Waals surface area contributed by atoms with E-state index in [4.69, 9.17) is 5.73 Å². The van der Waals surface area contributed by atoms with E-state index < -0.39 is 5.91 Å². The average Bonchev–Trinajstić information content (AvgIpc) is 2.98. The summed E-state index contributed by atoms with van der Waals surface area (Å²) < 4.78 is 0. The van der Waals surface area contributed by atoms with Gasteiger partial charge in [0.2, 0.25) is 5.91 Å². The summed E-state index contributed by atoms with van der Waals surface area (Å²) in [6.07, 6.45) is 0.000969. The maximum Gasteiger partial charge on any atom is 0.267 e. The molecule has 2 heterocycles. The molecule has 28 heavy (non-hydrogen) atoms. The lowest BCUT2D eigenvalue weighted by Crippen LogP contribution is -2.21. The molecule has 0 bridgehead atoms. The van der Waals surface area contributed by atoms with E-state index in [-0.39, 0.29) is 29.6 Å². The van der Waals surface area contributed by atoms with Crippen LogP contribution in [0.25, 0.3) is 11.4 Å². The normalized spacial score (nSPS) is 12.9. The molecule has 0 aliphatic carbocycles. The third kappa shape index (κ3) is 2.87. The first kappa shape index (κ1) is 17.7. The van der Waals surface area contributed by atoms with Gasteiger partial charge in [-0.2, -0.15) is 0 Å². The molecule has 7 heteroatoms. The first-order valence-electron chi connectivity index (χ1n) is 8.75. The van der Waals surface area contributed by atoms with E-state index in [1.54, 1.807) is 19.1 Å². The number of aryl methyl sites for hydroxylation is 2. The van der Waals surface area contributed by atoms with Crippen molar-refractivity contribution in [3.8, 4) is 17.1 Å². The number of anilines is 2. The Labute approximate surface area is 161 Å². The van der Waals surface area contributed by atoms with Gasteiger partial charge in [-0.15, -0.1) is 0 Å². The molecule has 2 amide bonds. The van der Waals surface area contributed by atoms with Crippen LogP contribution in [0.5, 0.6) is 5.75 Å². The molecule has 2 aromatic carbocycles. The Morgan fingerprint density at radius 2 is 1.93 bits per heavy atom. The number of nitrogens with zero attached hydrogens (tertiary/aromatic N) is 3. The Morgan fingerprint density at radius 1 is 1.14 bits per heavy atom. The van der Waals surface area contributed by atoms with Gasteiger partial charge in [0.1, 0.15) is 17.3 Å². The van der Waals surface area contributed by atoms with E-state index in [9.17, 15) is 14.7 Å². The number of phenolic OH excluding ortho intramolecular Hbond substituents is 1. The molecule has 0 unspecified atom stereocenters. The highest BCUT2D eigenvalue weighted by Gasteiger charge is 2.35. The lowest BCUT2D eigenvalue weighted by atomic mass is 10.1. The number of primary amides is 1. The number of aromatic hydroxyl groups is 1. The number of hydrogen-bond donors (Lipinski definition) is 2. The van der Waals surface area contributed by atoms with Gasteiger partial charge in [-0.25, -0.2) is 9.97 Å². The highest BCUT2D eigenvalue weighted by molar-refractivity contribution is 6.09. The van der Waals surface area contributed by atoms with Crippen molar-refractivity contribution < 1.29 is 14.7 Å². The van der Waals surface area contributed by atoms with Crippen molar-refractivity contribution in [3.63, 3.8) is 0 Å². The molecule has 0 atom stereocenters. The first-order chi connectivity index (χ1) is 13.3. The number of nitrogens with two attached hydrogens (primary N) is 1. The fourth-order valence-electron chi connectivity index (χ4n) is 3.28. The summed E-state index contributed by atoms with van der Waals surface area (Å²) in [6.45, 7) is 3.70. The van der Waals surface area contributed by atoms with Crippen LogP contribution in [0.2, 0.25) is 0 Å². The average molecular weight is 374 g/mol. The predicted molar refractivity (Wildman–Crippen MR) is 104 cm³/mol. The van der Waals surface area contributed by atoms with Crippen LogP contribution >= 0.6 is 0 Å². The Balaban J connectivity index is 1.94. The summed E-state index contributed by atoms with van der Waals surface area (Å²) in [7, 11) is 0. The van der Waals surface area contributed by atoms with Crippen LogP contribution in [-0.4, -0.2) is 26.9 Å². The van der Waals surface area contributed by atoms with Crippen LogP contribution < -0.4 is 10.6 Å². The molecule has 0 saturated heterocycles. The molecule has 0 saturated carbocycles. The maximum absolute atomic E-state index is 12.7. The second kappa shape index (κ2) is 6.45. The standard InChI is InChI=1S/C21H18N4O3/c1-11-4-3-5-14(8-11)25-17(27)10-15-18(19(22)28)23-20(24-21(15)25)13-7-6-12(2)16(26)9-13/h3-9,26H,10H2,1-2H3,(H2,22,28). The van der Waals surface area contributed by atoms with E-state index in [2.05, 4.69) is 9.97 Å². The zero-order valence-electron chi connectivity index (χ0n) is 15.4. The highest BCUT2D eigenvalue weighted by atomic mass is 16.3. The number of rotatable bonds is 3. The molecule has 7 nitrogen and oxygen atoms in total. The number of amides is 2. The molecule has 3 aromatic rings. The zero-order chi connectivity index (χ0) is 20.0. The van der Waals surface area contributed by atoms with Crippen molar-refractivity contribution in [1.29, 1.82) is 0 Å². The number of fused-ring (bicyclic) bond motifs is 1. The topological polar surface area (TPSA) is 109 Å². The molecule has 1 aliphatic rings. The van der Waals surface area contributed by atoms with E-state index in [1.807, 2.05) is 31.2 Å². The van der Waals surface area contributed by atoms with Gasteiger partial charge in [0, 0.05) is 11.1 Å². The third-order valence-electron chi connectivity index (χ3n) is 4.74.